The SMILES string of the molecule is CC(C)CC(=O)NC(C)(C)CN1CCCC1.CC(C)CC(=O)NC1CCN(C)CC1. The highest BCUT2D eigenvalue weighted by Crippen LogP contribution is 2.13. The van der Waals surface area contributed by atoms with E-state index in [0.29, 0.717) is 30.7 Å². The molecule has 6 nitrogen and oxygen atoms in total. The van der Waals surface area contributed by atoms with E-state index in [2.05, 4.69) is 69.0 Å². The molecule has 2 rings (SSSR count). The monoisotopic (exact) mass is 424 g/mol. The fourth-order valence-corrected chi connectivity index (χ4v) is 4.15. The molecule has 2 aliphatic heterocycles. The minimum atomic E-state index is -0.101. The Bertz CT molecular complexity index is 505. The van der Waals surface area contributed by atoms with Crippen LogP contribution in [-0.2, 0) is 9.59 Å². The summed E-state index contributed by atoms with van der Waals surface area (Å²) in [5, 5.41) is 6.24. The van der Waals surface area contributed by atoms with Gasteiger partial charge in [-0.15, -0.1) is 0 Å². The Morgan fingerprint density at radius 2 is 1.40 bits per heavy atom. The number of amides is 2. The largest absolute Gasteiger partial charge is 0.353 e. The van der Waals surface area contributed by atoms with E-state index in [1.165, 1.54) is 25.9 Å². The molecule has 6 heteroatoms. The summed E-state index contributed by atoms with van der Waals surface area (Å²) in [7, 11) is 2.13. The second-order valence-corrected chi connectivity index (χ2v) is 10.8. The van der Waals surface area contributed by atoms with Crippen molar-refractivity contribution >= 4 is 11.8 Å². The Hall–Kier alpha value is -1.14. The van der Waals surface area contributed by atoms with Crippen molar-refractivity contribution in [1.29, 1.82) is 0 Å². The minimum Gasteiger partial charge on any atom is -0.353 e. The summed E-state index contributed by atoms with van der Waals surface area (Å²) in [4.78, 5) is 27.9. The molecular weight excluding hydrogens is 376 g/mol. The molecule has 2 amide bonds. The first-order valence-electron chi connectivity index (χ1n) is 12.0. The molecule has 2 aliphatic rings. The van der Waals surface area contributed by atoms with Gasteiger partial charge in [0.05, 0.1) is 0 Å². The zero-order valence-electron chi connectivity index (χ0n) is 20.7. The molecule has 0 saturated carbocycles. The van der Waals surface area contributed by atoms with E-state index < -0.39 is 0 Å². The lowest BCUT2D eigenvalue weighted by Gasteiger charge is -2.31. The van der Waals surface area contributed by atoms with Crippen molar-refractivity contribution in [1.82, 2.24) is 20.4 Å². The number of nitrogens with zero attached hydrogens (tertiary/aromatic N) is 2. The molecule has 2 heterocycles. The Kier molecular flexibility index (Phi) is 11.9. The third-order valence-corrected chi connectivity index (χ3v) is 5.57. The van der Waals surface area contributed by atoms with Gasteiger partial charge in [0.15, 0.2) is 0 Å². The van der Waals surface area contributed by atoms with Crippen molar-refractivity contribution in [3.63, 3.8) is 0 Å². The Balaban J connectivity index is 0.000000303. The normalized spacial score (nSPS) is 19.0. The molecule has 0 aromatic rings. The summed E-state index contributed by atoms with van der Waals surface area (Å²) >= 11 is 0. The van der Waals surface area contributed by atoms with Gasteiger partial charge in [0.2, 0.25) is 11.8 Å². The first-order valence-corrected chi connectivity index (χ1v) is 12.0. The maximum Gasteiger partial charge on any atom is 0.220 e. The quantitative estimate of drug-likeness (QED) is 0.628. The fourth-order valence-electron chi connectivity index (χ4n) is 4.15. The van der Waals surface area contributed by atoms with E-state index in [1.54, 1.807) is 0 Å². The summed E-state index contributed by atoms with van der Waals surface area (Å²) in [6.45, 7) is 18.1. The van der Waals surface area contributed by atoms with E-state index in [0.717, 1.165) is 32.5 Å². The molecule has 0 atom stereocenters. The van der Waals surface area contributed by atoms with Crippen LogP contribution >= 0.6 is 0 Å². The van der Waals surface area contributed by atoms with Crippen molar-refractivity contribution in [3.05, 3.63) is 0 Å². The fraction of sp³-hybridized carbons (Fsp3) is 0.917. The van der Waals surface area contributed by atoms with Crippen LogP contribution in [0.4, 0.5) is 0 Å². The number of carbonyl (C=O) groups is 2. The highest BCUT2D eigenvalue weighted by Gasteiger charge is 2.25. The molecule has 0 radical (unpaired) electrons. The molecular formula is C24H48N4O2. The third-order valence-electron chi connectivity index (χ3n) is 5.57. The summed E-state index contributed by atoms with van der Waals surface area (Å²) < 4.78 is 0. The molecule has 176 valence electrons. The van der Waals surface area contributed by atoms with E-state index in [9.17, 15) is 9.59 Å². The highest BCUT2D eigenvalue weighted by molar-refractivity contribution is 5.77. The van der Waals surface area contributed by atoms with Crippen LogP contribution < -0.4 is 10.6 Å². The first-order chi connectivity index (χ1) is 14.0. The van der Waals surface area contributed by atoms with Gasteiger partial charge in [-0.1, -0.05) is 27.7 Å². The van der Waals surface area contributed by atoms with Gasteiger partial charge in [0, 0.05) is 31.0 Å². The van der Waals surface area contributed by atoms with E-state index in [1.807, 2.05) is 0 Å². The van der Waals surface area contributed by atoms with Crippen molar-refractivity contribution in [2.45, 2.75) is 91.6 Å². The van der Waals surface area contributed by atoms with Crippen molar-refractivity contribution in [2.24, 2.45) is 11.8 Å². The average Bonchev–Trinajstić information content (AvgIpc) is 3.07. The van der Waals surface area contributed by atoms with E-state index >= 15 is 0 Å². The van der Waals surface area contributed by atoms with Crippen molar-refractivity contribution in [3.8, 4) is 0 Å². The smallest absolute Gasteiger partial charge is 0.220 e. The number of hydrogen-bond acceptors (Lipinski definition) is 4. The lowest BCUT2D eigenvalue weighted by atomic mass is 10.0. The van der Waals surface area contributed by atoms with Crippen LogP contribution in [-0.4, -0.2) is 73.0 Å². The van der Waals surface area contributed by atoms with Crippen LogP contribution in [0.25, 0.3) is 0 Å². The van der Waals surface area contributed by atoms with E-state index in [4.69, 9.17) is 0 Å². The first kappa shape index (κ1) is 26.9. The number of hydrogen-bond donors (Lipinski definition) is 2. The maximum atomic E-state index is 11.7. The minimum absolute atomic E-state index is 0.101. The predicted octanol–water partition coefficient (Wildman–Crippen LogP) is 3.27. The van der Waals surface area contributed by atoms with Gasteiger partial charge in [0.25, 0.3) is 0 Å². The van der Waals surface area contributed by atoms with Gasteiger partial charge in [-0.05, 0) is 84.6 Å². The second-order valence-electron chi connectivity index (χ2n) is 10.8. The molecule has 0 aliphatic carbocycles. The van der Waals surface area contributed by atoms with Crippen molar-refractivity contribution < 1.29 is 9.59 Å². The zero-order chi connectivity index (χ0) is 22.7. The average molecular weight is 425 g/mol. The molecule has 2 fully saturated rings. The Labute approximate surface area is 185 Å². The Morgan fingerprint density at radius 3 is 1.90 bits per heavy atom. The van der Waals surface area contributed by atoms with E-state index in [-0.39, 0.29) is 17.4 Å². The molecule has 0 spiro atoms. The molecule has 0 aromatic carbocycles. The van der Waals surface area contributed by atoms with Crippen LogP contribution in [0.5, 0.6) is 0 Å². The summed E-state index contributed by atoms with van der Waals surface area (Å²) in [6.07, 6.45) is 6.09. The summed E-state index contributed by atoms with van der Waals surface area (Å²) in [5.74, 6) is 1.29. The standard InChI is InChI=1S/C13H26N2O.C11H22N2O/c1-11(2)9-12(16)14-13(3,4)10-15-7-5-6-8-15;1-9(2)8-11(14)12-10-4-6-13(3)7-5-10/h11H,5-10H2,1-4H3,(H,14,16);9-10H,4-8H2,1-3H3,(H,12,14). The number of piperidine rings is 1. The molecule has 30 heavy (non-hydrogen) atoms. The zero-order valence-corrected chi connectivity index (χ0v) is 20.7. The topological polar surface area (TPSA) is 64.7 Å². The highest BCUT2D eigenvalue weighted by atomic mass is 16.2. The van der Waals surface area contributed by atoms with Crippen LogP contribution in [0.1, 0.15) is 80.1 Å². The second kappa shape index (κ2) is 13.3. The number of likely N-dealkylation sites (tertiary alicyclic amines) is 2. The molecule has 0 aromatic heterocycles. The van der Waals surface area contributed by atoms with Crippen LogP contribution in [0.3, 0.4) is 0 Å². The van der Waals surface area contributed by atoms with Gasteiger partial charge in [-0.2, -0.15) is 0 Å². The van der Waals surface area contributed by atoms with Gasteiger partial charge in [-0.25, -0.2) is 0 Å². The van der Waals surface area contributed by atoms with Crippen LogP contribution in [0.2, 0.25) is 0 Å². The lowest BCUT2D eigenvalue weighted by Crippen LogP contribution is -2.51. The number of nitrogens with one attached hydrogen (secondary N) is 2. The predicted molar refractivity (Wildman–Crippen MR) is 125 cm³/mol. The van der Waals surface area contributed by atoms with Gasteiger partial charge < -0.3 is 20.4 Å². The maximum absolute atomic E-state index is 11.7. The number of carbonyl (C=O) groups excluding carboxylic acids is 2. The molecule has 2 N–H and O–H groups in total. The van der Waals surface area contributed by atoms with Gasteiger partial charge in [-0.3, -0.25) is 9.59 Å². The lowest BCUT2D eigenvalue weighted by molar-refractivity contribution is -0.124. The number of rotatable bonds is 8. The molecule has 0 unspecified atom stereocenters. The van der Waals surface area contributed by atoms with Crippen LogP contribution in [0.15, 0.2) is 0 Å². The van der Waals surface area contributed by atoms with Gasteiger partial charge in [0.1, 0.15) is 0 Å². The Morgan fingerprint density at radius 1 is 0.900 bits per heavy atom. The summed E-state index contributed by atoms with van der Waals surface area (Å²) in [5.41, 5.74) is -0.101. The van der Waals surface area contributed by atoms with Crippen LogP contribution in [0, 0.1) is 11.8 Å². The van der Waals surface area contributed by atoms with Crippen molar-refractivity contribution in [2.75, 3.05) is 39.8 Å². The van der Waals surface area contributed by atoms with Gasteiger partial charge >= 0.3 is 0 Å². The molecule has 2 saturated heterocycles. The molecule has 0 bridgehead atoms. The summed E-state index contributed by atoms with van der Waals surface area (Å²) in [6, 6.07) is 0.414. The third kappa shape index (κ3) is 12.5.